The van der Waals surface area contributed by atoms with Crippen LogP contribution in [-0.2, 0) is 4.79 Å². The zero-order chi connectivity index (χ0) is 14.3. The molecule has 1 spiro atoms. The summed E-state index contributed by atoms with van der Waals surface area (Å²) in [7, 11) is 4.18. The van der Waals surface area contributed by atoms with Crippen molar-refractivity contribution in [3.8, 4) is 0 Å². The zero-order valence-corrected chi connectivity index (χ0v) is 13.1. The monoisotopic (exact) mass is 267 g/mol. The molecule has 1 aliphatic carbocycles. The summed E-state index contributed by atoms with van der Waals surface area (Å²) in [5.41, 5.74) is -0.104. The summed E-state index contributed by atoms with van der Waals surface area (Å²) in [6.07, 6.45) is 4.56. The predicted octanol–water partition coefficient (Wildman–Crippen LogP) is 1.66. The van der Waals surface area contributed by atoms with Gasteiger partial charge < -0.3 is 9.80 Å². The van der Waals surface area contributed by atoms with E-state index in [1.807, 2.05) is 0 Å². The Kier molecular flexibility index (Phi) is 3.94. The highest BCUT2D eigenvalue weighted by Gasteiger charge is 2.51. The molecule has 110 valence electrons. The van der Waals surface area contributed by atoms with Crippen LogP contribution in [0.4, 0.5) is 0 Å². The van der Waals surface area contributed by atoms with E-state index in [1.54, 1.807) is 0 Å². The Morgan fingerprint density at radius 1 is 1.37 bits per heavy atom. The average Bonchev–Trinajstić information content (AvgIpc) is 2.79. The number of nitrogens with one attached hydrogen (secondary N) is 1. The van der Waals surface area contributed by atoms with Crippen LogP contribution < -0.4 is 5.32 Å². The molecule has 0 radical (unpaired) electrons. The maximum Gasteiger partial charge on any atom is 0.244 e. The number of hydrogen-bond acceptors (Lipinski definition) is 3. The number of carbonyl (C=O) groups is 1. The SMILES string of the molecule is CC1NC2(CCCC2)C(=O)N1CC(C)(C)CN(C)C. The first-order chi connectivity index (χ1) is 8.76. The fourth-order valence-electron chi connectivity index (χ4n) is 3.90. The number of amides is 1. The van der Waals surface area contributed by atoms with Crippen LogP contribution >= 0.6 is 0 Å². The molecular weight excluding hydrogens is 238 g/mol. The lowest BCUT2D eigenvalue weighted by Crippen LogP contribution is -2.46. The lowest BCUT2D eigenvalue weighted by atomic mass is 9.91. The quantitative estimate of drug-likeness (QED) is 0.841. The Labute approximate surface area is 117 Å². The van der Waals surface area contributed by atoms with Crippen LogP contribution in [0.2, 0.25) is 0 Å². The molecule has 1 heterocycles. The highest BCUT2D eigenvalue weighted by molar-refractivity contribution is 5.89. The van der Waals surface area contributed by atoms with Gasteiger partial charge in [0.15, 0.2) is 0 Å². The van der Waals surface area contributed by atoms with Crippen LogP contribution in [0, 0.1) is 5.41 Å². The van der Waals surface area contributed by atoms with Crippen LogP contribution in [0.3, 0.4) is 0 Å². The predicted molar refractivity (Wildman–Crippen MR) is 77.8 cm³/mol. The Hall–Kier alpha value is -0.610. The zero-order valence-electron chi connectivity index (χ0n) is 13.1. The first kappa shape index (κ1) is 14.8. The lowest BCUT2D eigenvalue weighted by molar-refractivity contribution is -0.134. The van der Waals surface area contributed by atoms with Crippen molar-refractivity contribution in [1.29, 1.82) is 0 Å². The van der Waals surface area contributed by atoms with Gasteiger partial charge in [0.25, 0.3) is 0 Å². The van der Waals surface area contributed by atoms with Gasteiger partial charge in [0.1, 0.15) is 0 Å². The van der Waals surface area contributed by atoms with E-state index in [9.17, 15) is 4.79 Å². The maximum atomic E-state index is 12.8. The molecule has 1 saturated carbocycles. The van der Waals surface area contributed by atoms with Crippen molar-refractivity contribution in [2.24, 2.45) is 5.41 Å². The molecule has 0 bridgehead atoms. The van der Waals surface area contributed by atoms with Gasteiger partial charge >= 0.3 is 0 Å². The van der Waals surface area contributed by atoms with E-state index in [-0.39, 0.29) is 17.1 Å². The van der Waals surface area contributed by atoms with Crippen molar-refractivity contribution < 1.29 is 4.79 Å². The third-order valence-corrected chi connectivity index (χ3v) is 4.42. The summed E-state index contributed by atoms with van der Waals surface area (Å²) in [4.78, 5) is 17.0. The molecule has 1 aliphatic heterocycles. The Morgan fingerprint density at radius 2 is 1.95 bits per heavy atom. The van der Waals surface area contributed by atoms with E-state index in [1.165, 1.54) is 12.8 Å². The molecule has 1 saturated heterocycles. The first-order valence-corrected chi connectivity index (χ1v) is 7.49. The molecule has 2 aliphatic rings. The third-order valence-electron chi connectivity index (χ3n) is 4.42. The molecule has 0 aromatic rings. The molecule has 1 N–H and O–H groups in total. The molecule has 1 amide bonds. The van der Waals surface area contributed by atoms with Gasteiger partial charge in [0.2, 0.25) is 5.91 Å². The Balaban J connectivity index is 2.06. The second-order valence-corrected chi connectivity index (χ2v) is 7.44. The molecule has 0 aromatic carbocycles. The summed E-state index contributed by atoms with van der Waals surface area (Å²) in [5, 5.41) is 3.57. The van der Waals surface area contributed by atoms with Crippen molar-refractivity contribution in [2.45, 2.75) is 58.2 Å². The van der Waals surface area contributed by atoms with E-state index >= 15 is 0 Å². The summed E-state index contributed by atoms with van der Waals surface area (Å²) < 4.78 is 0. The fraction of sp³-hybridized carbons (Fsp3) is 0.933. The Morgan fingerprint density at radius 3 is 2.47 bits per heavy atom. The Bertz CT molecular complexity index is 345. The van der Waals surface area contributed by atoms with E-state index in [2.05, 4.69) is 50.0 Å². The highest BCUT2D eigenvalue weighted by Crippen LogP contribution is 2.37. The van der Waals surface area contributed by atoms with E-state index in [0.29, 0.717) is 5.91 Å². The van der Waals surface area contributed by atoms with Crippen LogP contribution in [0.5, 0.6) is 0 Å². The molecule has 2 rings (SSSR count). The molecule has 1 unspecified atom stereocenters. The first-order valence-electron chi connectivity index (χ1n) is 7.49. The normalized spacial score (nSPS) is 26.9. The van der Waals surface area contributed by atoms with Crippen molar-refractivity contribution in [2.75, 3.05) is 27.2 Å². The van der Waals surface area contributed by atoms with Crippen LogP contribution in [-0.4, -0.2) is 54.6 Å². The van der Waals surface area contributed by atoms with Gasteiger partial charge in [-0.15, -0.1) is 0 Å². The molecule has 4 nitrogen and oxygen atoms in total. The van der Waals surface area contributed by atoms with E-state index in [4.69, 9.17) is 0 Å². The van der Waals surface area contributed by atoms with Crippen molar-refractivity contribution in [1.82, 2.24) is 15.1 Å². The largest absolute Gasteiger partial charge is 0.325 e. The second kappa shape index (κ2) is 5.06. The minimum absolute atomic E-state index is 0.124. The fourth-order valence-corrected chi connectivity index (χ4v) is 3.90. The summed E-state index contributed by atoms with van der Waals surface area (Å²) in [6.45, 7) is 8.44. The number of carbonyl (C=O) groups excluding carboxylic acids is 1. The average molecular weight is 267 g/mol. The molecule has 19 heavy (non-hydrogen) atoms. The number of nitrogens with zero attached hydrogens (tertiary/aromatic N) is 2. The minimum Gasteiger partial charge on any atom is -0.325 e. The maximum absolute atomic E-state index is 12.8. The van der Waals surface area contributed by atoms with Gasteiger partial charge in [-0.05, 0) is 39.3 Å². The molecule has 0 aromatic heterocycles. The second-order valence-electron chi connectivity index (χ2n) is 7.44. The highest BCUT2D eigenvalue weighted by atomic mass is 16.2. The van der Waals surface area contributed by atoms with Crippen molar-refractivity contribution in [3.05, 3.63) is 0 Å². The van der Waals surface area contributed by atoms with Crippen molar-refractivity contribution in [3.63, 3.8) is 0 Å². The minimum atomic E-state index is -0.229. The van der Waals surface area contributed by atoms with Gasteiger partial charge in [0.05, 0.1) is 11.7 Å². The molecular formula is C15H29N3O. The van der Waals surface area contributed by atoms with E-state index < -0.39 is 0 Å². The van der Waals surface area contributed by atoms with Gasteiger partial charge in [-0.1, -0.05) is 26.7 Å². The number of hydrogen-bond donors (Lipinski definition) is 1. The number of rotatable bonds is 4. The van der Waals surface area contributed by atoms with Crippen LogP contribution in [0.1, 0.15) is 46.5 Å². The molecule has 2 fully saturated rings. The van der Waals surface area contributed by atoms with Gasteiger partial charge in [-0.2, -0.15) is 0 Å². The van der Waals surface area contributed by atoms with E-state index in [0.717, 1.165) is 25.9 Å². The molecule has 4 heteroatoms. The van der Waals surface area contributed by atoms with Gasteiger partial charge in [-0.3, -0.25) is 10.1 Å². The standard InChI is InChI=1S/C15H29N3O/c1-12-16-15(8-6-7-9-15)13(19)18(12)11-14(2,3)10-17(4)5/h12,16H,6-11H2,1-5H3. The molecule has 1 atom stereocenters. The van der Waals surface area contributed by atoms with Gasteiger partial charge in [-0.25, -0.2) is 0 Å². The lowest BCUT2D eigenvalue weighted by Gasteiger charge is -2.34. The summed E-state index contributed by atoms with van der Waals surface area (Å²) in [6, 6.07) is 0. The van der Waals surface area contributed by atoms with Crippen LogP contribution in [0.15, 0.2) is 0 Å². The van der Waals surface area contributed by atoms with Crippen molar-refractivity contribution >= 4 is 5.91 Å². The topological polar surface area (TPSA) is 35.6 Å². The summed E-state index contributed by atoms with van der Waals surface area (Å²) in [5.74, 6) is 0.337. The third kappa shape index (κ3) is 2.95. The smallest absolute Gasteiger partial charge is 0.244 e. The summed E-state index contributed by atoms with van der Waals surface area (Å²) >= 11 is 0. The van der Waals surface area contributed by atoms with Gasteiger partial charge in [0, 0.05) is 13.1 Å². The van der Waals surface area contributed by atoms with Crippen LogP contribution in [0.25, 0.3) is 0 Å².